The highest BCUT2D eigenvalue weighted by atomic mass is 32.1. The predicted octanol–water partition coefficient (Wildman–Crippen LogP) is 2.36. The van der Waals surface area contributed by atoms with E-state index >= 15 is 0 Å². The molecule has 8 nitrogen and oxygen atoms in total. The molecule has 3 N–H and O–H groups in total. The van der Waals surface area contributed by atoms with Crippen LogP contribution >= 0.6 is 11.3 Å². The molecule has 0 saturated carbocycles. The number of carbonyl (C=O) groups excluding carboxylic acids is 1. The minimum absolute atomic E-state index is 0.135. The summed E-state index contributed by atoms with van der Waals surface area (Å²) in [6, 6.07) is 7.17. The van der Waals surface area contributed by atoms with Crippen molar-refractivity contribution in [3.63, 3.8) is 0 Å². The van der Waals surface area contributed by atoms with Crippen molar-refractivity contribution < 1.29 is 4.79 Å². The second-order valence-electron chi connectivity index (χ2n) is 6.36. The lowest BCUT2D eigenvalue weighted by Gasteiger charge is -2.08. The minimum atomic E-state index is -0.224. The van der Waals surface area contributed by atoms with E-state index in [1.807, 2.05) is 26.0 Å². The molecular formula is C19H18N6O2S. The van der Waals surface area contributed by atoms with Gasteiger partial charge in [-0.05, 0) is 25.5 Å². The number of thiophene rings is 1. The minimum Gasteiger partial charge on any atom is -0.352 e. The van der Waals surface area contributed by atoms with E-state index in [9.17, 15) is 9.59 Å². The van der Waals surface area contributed by atoms with E-state index in [0.29, 0.717) is 41.1 Å². The number of aryl methyl sites for hydroxylation is 2. The Balaban J connectivity index is 1.48. The molecule has 0 aliphatic rings. The molecule has 0 bridgehead atoms. The highest BCUT2D eigenvalue weighted by Crippen LogP contribution is 2.25. The first-order valence-corrected chi connectivity index (χ1v) is 9.58. The van der Waals surface area contributed by atoms with Gasteiger partial charge in [-0.25, -0.2) is 9.97 Å². The Kier molecular flexibility index (Phi) is 4.74. The van der Waals surface area contributed by atoms with E-state index in [-0.39, 0.29) is 11.5 Å². The molecule has 28 heavy (non-hydrogen) atoms. The summed E-state index contributed by atoms with van der Waals surface area (Å²) < 4.78 is 0. The van der Waals surface area contributed by atoms with Gasteiger partial charge in [0.25, 0.3) is 11.5 Å². The summed E-state index contributed by atoms with van der Waals surface area (Å²) >= 11 is 1.51. The molecule has 0 fully saturated rings. The molecule has 0 unspecified atom stereocenters. The molecule has 0 aliphatic heterocycles. The van der Waals surface area contributed by atoms with E-state index in [2.05, 4.69) is 30.5 Å². The summed E-state index contributed by atoms with van der Waals surface area (Å²) in [6.07, 6.45) is 1.83. The van der Waals surface area contributed by atoms with Crippen LogP contribution < -0.4 is 10.9 Å². The summed E-state index contributed by atoms with van der Waals surface area (Å²) in [4.78, 5) is 38.2. The average Bonchev–Trinajstić information content (AvgIpc) is 3.30. The fourth-order valence-corrected chi connectivity index (χ4v) is 4.08. The third-order valence-corrected chi connectivity index (χ3v) is 5.68. The van der Waals surface area contributed by atoms with Gasteiger partial charge in [-0.1, -0.05) is 18.2 Å². The highest BCUT2D eigenvalue weighted by Gasteiger charge is 2.15. The van der Waals surface area contributed by atoms with Gasteiger partial charge >= 0.3 is 0 Å². The number of rotatable bonds is 5. The average molecular weight is 394 g/mol. The van der Waals surface area contributed by atoms with Crippen molar-refractivity contribution in [1.29, 1.82) is 0 Å². The van der Waals surface area contributed by atoms with Crippen LogP contribution in [-0.4, -0.2) is 37.6 Å². The normalized spacial score (nSPS) is 11.1. The van der Waals surface area contributed by atoms with Crippen molar-refractivity contribution in [2.45, 2.75) is 20.3 Å². The number of fused-ring (bicyclic) bond motifs is 1. The zero-order chi connectivity index (χ0) is 19.7. The van der Waals surface area contributed by atoms with Gasteiger partial charge in [-0.15, -0.1) is 11.3 Å². The molecule has 0 atom stereocenters. The maximum Gasteiger partial charge on any atom is 0.259 e. The second-order valence-corrected chi connectivity index (χ2v) is 7.56. The molecule has 0 spiro atoms. The lowest BCUT2D eigenvalue weighted by molar-refractivity contribution is 0.0954. The molecule has 0 saturated heterocycles. The fourth-order valence-electron chi connectivity index (χ4n) is 3.03. The number of hydrogen-bond donors (Lipinski definition) is 3. The van der Waals surface area contributed by atoms with Crippen LogP contribution in [0.2, 0.25) is 0 Å². The summed E-state index contributed by atoms with van der Waals surface area (Å²) in [5.41, 5.74) is 2.01. The molecule has 3 aromatic heterocycles. The Labute approximate surface area is 164 Å². The van der Waals surface area contributed by atoms with Crippen molar-refractivity contribution in [2.24, 2.45) is 0 Å². The van der Waals surface area contributed by atoms with E-state index in [1.165, 1.54) is 17.7 Å². The number of hydrogen-bond acceptors (Lipinski definition) is 6. The Morgan fingerprint density at radius 3 is 2.86 bits per heavy atom. The van der Waals surface area contributed by atoms with Gasteiger partial charge < -0.3 is 10.3 Å². The molecule has 4 aromatic rings. The Morgan fingerprint density at radius 2 is 2.07 bits per heavy atom. The fraction of sp³-hybridized carbons (Fsp3) is 0.211. The van der Waals surface area contributed by atoms with E-state index in [4.69, 9.17) is 0 Å². The zero-order valence-electron chi connectivity index (χ0n) is 15.4. The SMILES string of the molecule is Cc1sc2nc(CCNC(=O)c3ccccc3-c3ncn[nH]3)[nH]c(=O)c2c1C. The van der Waals surface area contributed by atoms with Gasteiger partial charge in [-0.3, -0.25) is 14.7 Å². The molecule has 0 aliphatic carbocycles. The number of aromatic amines is 2. The van der Waals surface area contributed by atoms with Crippen molar-refractivity contribution in [2.75, 3.05) is 6.54 Å². The lowest BCUT2D eigenvalue weighted by Crippen LogP contribution is -2.27. The standard InChI is InChI=1S/C19H18N6O2S/c1-10-11(2)28-19-15(10)18(27)23-14(24-19)7-8-20-17(26)13-6-4-3-5-12(13)16-21-9-22-25-16/h3-6,9H,7-8H2,1-2H3,(H,20,26)(H,21,22,25)(H,23,24,27). The molecule has 142 valence electrons. The quantitative estimate of drug-likeness (QED) is 0.480. The molecule has 1 aromatic carbocycles. The Bertz CT molecular complexity index is 1210. The first kappa shape index (κ1) is 18.1. The molecular weight excluding hydrogens is 376 g/mol. The third kappa shape index (κ3) is 3.31. The van der Waals surface area contributed by atoms with Crippen molar-refractivity contribution in [3.8, 4) is 11.4 Å². The third-order valence-electron chi connectivity index (χ3n) is 4.58. The van der Waals surface area contributed by atoms with Crippen LogP contribution in [0.5, 0.6) is 0 Å². The van der Waals surface area contributed by atoms with Gasteiger partial charge in [0.2, 0.25) is 0 Å². The number of nitrogens with one attached hydrogen (secondary N) is 3. The van der Waals surface area contributed by atoms with Crippen LogP contribution in [0, 0.1) is 13.8 Å². The van der Waals surface area contributed by atoms with Crippen LogP contribution in [0.25, 0.3) is 21.6 Å². The number of amides is 1. The van der Waals surface area contributed by atoms with Gasteiger partial charge in [0.1, 0.15) is 17.0 Å². The predicted molar refractivity (Wildman–Crippen MR) is 108 cm³/mol. The first-order valence-electron chi connectivity index (χ1n) is 8.76. The van der Waals surface area contributed by atoms with Crippen LogP contribution in [-0.2, 0) is 6.42 Å². The topological polar surface area (TPSA) is 116 Å². The lowest BCUT2D eigenvalue weighted by atomic mass is 10.1. The first-order chi connectivity index (χ1) is 13.5. The number of benzene rings is 1. The monoisotopic (exact) mass is 394 g/mol. The highest BCUT2D eigenvalue weighted by molar-refractivity contribution is 7.18. The van der Waals surface area contributed by atoms with Crippen molar-refractivity contribution in [1.82, 2.24) is 30.5 Å². The van der Waals surface area contributed by atoms with E-state index < -0.39 is 0 Å². The van der Waals surface area contributed by atoms with E-state index in [0.717, 1.165) is 15.3 Å². The largest absolute Gasteiger partial charge is 0.352 e. The summed E-state index contributed by atoms with van der Waals surface area (Å²) in [7, 11) is 0. The Hall–Kier alpha value is -3.33. The smallest absolute Gasteiger partial charge is 0.259 e. The molecule has 1 amide bonds. The van der Waals surface area contributed by atoms with Gasteiger partial charge in [-0.2, -0.15) is 5.10 Å². The van der Waals surface area contributed by atoms with Crippen molar-refractivity contribution in [3.05, 3.63) is 62.8 Å². The van der Waals surface area contributed by atoms with E-state index in [1.54, 1.807) is 12.1 Å². The molecule has 0 radical (unpaired) electrons. The molecule has 4 rings (SSSR count). The number of nitrogens with zero attached hydrogens (tertiary/aromatic N) is 3. The van der Waals surface area contributed by atoms with Crippen LogP contribution in [0.4, 0.5) is 0 Å². The van der Waals surface area contributed by atoms with Crippen LogP contribution in [0.3, 0.4) is 0 Å². The molecule has 9 heteroatoms. The van der Waals surface area contributed by atoms with Crippen molar-refractivity contribution >= 4 is 27.5 Å². The second kappa shape index (κ2) is 7.35. The maximum absolute atomic E-state index is 12.6. The number of aromatic nitrogens is 5. The van der Waals surface area contributed by atoms with Crippen LogP contribution in [0.1, 0.15) is 26.6 Å². The number of H-pyrrole nitrogens is 2. The summed E-state index contributed by atoms with van der Waals surface area (Å²) in [5.74, 6) is 0.867. The Morgan fingerprint density at radius 1 is 1.25 bits per heavy atom. The summed E-state index contributed by atoms with van der Waals surface area (Å²) in [5, 5.41) is 10.1. The van der Waals surface area contributed by atoms with Gasteiger partial charge in [0.05, 0.1) is 10.9 Å². The maximum atomic E-state index is 12.6. The molecule has 3 heterocycles. The number of carbonyl (C=O) groups is 1. The summed E-state index contributed by atoms with van der Waals surface area (Å²) in [6.45, 7) is 4.26. The van der Waals surface area contributed by atoms with Gasteiger partial charge in [0.15, 0.2) is 5.82 Å². The zero-order valence-corrected chi connectivity index (χ0v) is 16.2. The van der Waals surface area contributed by atoms with Crippen LogP contribution in [0.15, 0.2) is 35.4 Å². The van der Waals surface area contributed by atoms with Gasteiger partial charge in [0, 0.05) is 23.4 Å².